The summed E-state index contributed by atoms with van der Waals surface area (Å²) in [6.07, 6.45) is 4.78. The van der Waals surface area contributed by atoms with Gasteiger partial charge in [0.05, 0.1) is 5.75 Å². The van der Waals surface area contributed by atoms with Gasteiger partial charge in [0.15, 0.2) is 9.84 Å². The molecule has 1 saturated heterocycles. The molecule has 138 valence electrons. The first-order valence-corrected chi connectivity index (χ1v) is 10.6. The summed E-state index contributed by atoms with van der Waals surface area (Å²) in [7, 11) is -3.12. The molecule has 1 fully saturated rings. The zero-order chi connectivity index (χ0) is 18.6. The summed E-state index contributed by atoms with van der Waals surface area (Å²) >= 11 is 0. The van der Waals surface area contributed by atoms with E-state index in [9.17, 15) is 13.2 Å². The van der Waals surface area contributed by atoms with Crippen LogP contribution < -0.4 is 0 Å². The number of nitrogens with zero attached hydrogens (tertiary/aromatic N) is 3. The molecule has 0 aliphatic carbocycles. The normalized spacial score (nSPS) is 15.8. The van der Waals surface area contributed by atoms with Crippen LogP contribution in [0.1, 0.15) is 21.5 Å². The second-order valence-corrected chi connectivity index (χ2v) is 8.83. The van der Waals surface area contributed by atoms with Crippen molar-refractivity contribution >= 4 is 15.7 Å². The van der Waals surface area contributed by atoms with Crippen LogP contribution in [0.25, 0.3) is 0 Å². The molecular formula is C19H23N3O3S. The summed E-state index contributed by atoms with van der Waals surface area (Å²) in [5.74, 6) is -0.0858. The number of benzene rings is 1. The van der Waals surface area contributed by atoms with Crippen LogP contribution in [0.5, 0.6) is 0 Å². The van der Waals surface area contributed by atoms with Crippen molar-refractivity contribution in [3.05, 3.63) is 65.5 Å². The maximum Gasteiger partial charge on any atom is 0.253 e. The number of carbonyl (C=O) groups excluding carboxylic acids is 1. The van der Waals surface area contributed by atoms with Crippen LogP contribution in [-0.4, -0.2) is 61.5 Å². The number of hydrogen-bond donors (Lipinski definition) is 0. The third-order valence-electron chi connectivity index (χ3n) is 4.42. The Morgan fingerprint density at radius 2 is 1.73 bits per heavy atom. The van der Waals surface area contributed by atoms with Crippen LogP contribution in [0, 0.1) is 0 Å². The molecular weight excluding hydrogens is 350 g/mol. The molecule has 1 aromatic carbocycles. The number of piperazine rings is 1. The molecule has 3 rings (SSSR count). The Labute approximate surface area is 154 Å². The highest BCUT2D eigenvalue weighted by Gasteiger charge is 2.22. The fraction of sp³-hybridized carbons (Fsp3) is 0.368. The van der Waals surface area contributed by atoms with Crippen molar-refractivity contribution in [2.75, 3.05) is 32.4 Å². The summed E-state index contributed by atoms with van der Waals surface area (Å²) in [5, 5.41) is 0. The quantitative estimate of drug-likeness (QED) is 0.796. The van der Waals surface area contributed by atoms with E-state index in [1.54, 1.807) is 36.7 Å². The number of pyridine rings is 1. The molecule has 0 unspecified atom stereocenters. The zero-order valence-electron chi connectivity index (χ0n) is 14.8. The maximum absolute atomic E-state index is 12.7. The summed E-state index contributed by atoms with van der Waals surface area (Å²) < 4.78 is 22.9. The molecule has 6 nitrogen and oxygen atoms in total. The Morgan fingerprint density at radius 3 is 2.38 bits per heavy atom. The average molecular weight is 373 g/mol. The first-order valence-electron chi connectivity index (χ1n) is 8.58. The monoisotopic (exact) mass is 373 g/mol. The molecule has 0 N–H and O–H groups in total. The lowest BCUT2D eigenvalue weighted by Crippen LogP contribution is -2.48. The molecule has 1 aliphatic heterocycles. The van der Waals surface area contributed by atoms with Crippen LogP contribution in [0.2, 0.25) is 0 Å². The number of rotatable bonds is 5. The van der Waals surface area contributed by atoms with Gasteiger partial charge in [-0.3, -0.25) is 14.7 Å². The van der Waals surface area contributed by atoms with Crippen molar-refractivity contribution in [3.8, 4) is 0 Å². The maximum atomic E-state index is 12.7. The highest BCUT2D eigenvalue weighted by molar-refractivity contribution is 7.89. The Bertz CT molecular complexity index is 861. The predicted octanol–water partition coefficient (Wildman–Crippen LogP) is 1.58. The molecule has 2 aromatic rings. The fourth-order valence-electron chi connectivity index (χ4n) is 3.13. The predicted molar refractivity (Wildman–Crippen MR) is 100 cm³/mol. The van der Waals surface area contributed by atoms with Crippen molar-refractivity contribution in [1.29, 1.82) is 0 Å². The standard InChI is InChI=1S/C19H23N3O3S/c1-26(24,25)15-17-3-2-4-18(13-17)19(23)22-11-9-21(10-12-22)14-16-5-7-20-8-6-16/h2-8,13H,9-12,14-15H2,1H3. The molecule has 0 radical (unpaired) electrons. The molecule has 1 amide bonds. The number of carbonyl (C=O) groups is 1. The number of amides is 1. The first-order chi connectivity index (χ1) is 12.4. The second kappa shape index (κ2) is 7.97. The number of hydrogen-bond acceptors (Lipinski definition) is 5. The van der Waals surface area contributed by atoms with Gasteiger partial charge in [0, 0.05) is 56.9 Å². The Balaban J connectivity index is 1.59. The van der Waals surface area contributed by atoms with Crippen LogP contribution in [0.15, 0.2) is 48.8 Å². The highest BCUT2D eigenvalue weighted by Crippen LogP contribution is 2.14. The summed E-state index contributed by atoms with van der Waals surface area (Å²) in [5.41, 5.74) is 2.41. The van der Waals surface area contributed by atoms with E-state index in [-0.39, 0.29) is 11.7 Å². The SMILES string of the molecule is CS(=O)(=O)Cc1cccc(C(=O)N2CCN(Cc3ccncc3)CC2)c1. The van der Waals surface area contributed by atoms with Gasteiger partial charge in [-0.2, -0.15) is 0 Å². The average Bonchev–Trinajstić information content (AvgIpc) is 2.61. The van der Waals surface area contributed by atoms with Gasteiger partial charge in [-0.1, -0.05) is 12.1 Å². The molecule has 0 atom stereocenters. The minimum Gasteiger partial charge on any atom is -0.336 e. The zero-order valence-corrected chi connectivity index (χ0v) is 15.7. The Kier molecular flexibility index (Phi) is 5.68. The van der Waals surface area contributed by atoms with Crippen LogP contribution >= 0.6 is 0 Å². The Morgan fingerprint density at radius 1 is 1.04 bits per heavy atom. The van der Waals surface area contributed by atoms with E-state index < -0.39 is 9.84 Å². The summed E-state index contributed by atoms with van der Waals surface area (Å²) in [6, 6.07) is 10.9. The van der Waals surface area contributed by atoms with Gasteiger partial charge in [0.25, 0.3) is 5.91 Å². The first kappa shape index (κ1) is 18.5. The van der Waals surface area contributed by atoms with E-state index in [1.807, 2.05) is 17.0 Å². The molecule has 2 heterocycles. The van der Waals surface area contributed by atoms with Crippen molar-refractivity contribution in [1.82, 2.24) is 14.8 Å². The summed E-state index contributed by atoms with van der Waals surface area (Å²) in [4.78, 5) is 20.9. The second-order valence-electron chi connectivity index (χ2n) is 6.69. The van der Waals surface area contributed by atoms with E-state index in [1.165, 1.54) is 11.8 Å². The van der Waals surface area contributed by atoms with Crippen LogP contribution in [-0.2, 0) is 22.1 Å². The third-order valence-corrected chi connectivity index (χ3v) is 5.28. The molecule has 0 bridgehead atoms. The number of sulfone groups is 1. The van der Waals surface area contributed by atoms with E-state index in [4.69, 9.17) is 0 Å². The van der Waals surface area contributed by atoms with E-state index >= 15 is 0 Å². The summed E-state index contributed by atoms with van der Waals surface area (Å²) in [6.45, 7) is 3.82. The fourth-order valence-corrected chi connectivity index (χ4v) is 3.92. The van der Waals surface area contributed by atoms with Crippen molar-refractivity contribution < 1.29 is 13.2 Å². The molecule has 1 aromatic heterocycles. The van der Waals surface area contributed by atoms with Gasteiger partial charge in [-0.05, 0) is 35.4 Å². The van der Waals surface area contributed by atoms with Crippen LogP contribution in [0.3, 0.4) is 0 Å². The van der Waals surface area contributed by atoms with Gasteiger partial charge in [0.1, 0.15) is 0 Å². The lowest BCUT2D eigenvalue weighted by Gasteiger charge is -2.34. The number of aromatic nitrogens is 1. The van der Waals surface area contributed by atoms with E-state index in [0.29, 0.717) is 24.2 Å². The van der Waals surface area contributed by atoms with Crippen molar-refractivity contribution in [2.24, 2.45) is 0 Å². The van der Waals surface area contributed by atoms with E-state index in [0.717, 1.165) is 19.6 Å². The topological polar surface area (TPSA) is 70.6 Å². The van der Waals surface area contributed by atoms with Crippen molar-refractivity contribution in [3.63, 3.8) is 0 Å². The highest BCUT2D eigenvalue weighted by atomic mass is 32.2. The molecule has 0 spiro atoms. The molecule has 1 aliphatic rings. The molecule has 0 saturated carbocycles. The van der Waals surface area contributed by atoms with Gasteiger partial charge < -0.3 is 4.90 Å². The van der Waals surface area contributed by atoms with Gasteiger partial charge in [0.2, 0.25) is 0 Å². The smallest absolute Gasteiger partial charge is 0.253 e. The Hall–Kier alpha value is -2.25. The third kappa shape index (κ3) is 5.12. The van der Waals surface area contributed by atoms with Gasteiger partial charge >= 0.3 is 0 Å². The van der Waals surface area contributed by atoms with Gasteiger partial charge in [-0.25, -0.2) is 8.42 Å². The lowest BCUT2D eigenvalue weighted by molar-refractivity contribution is 0.0628. The van der Waals surface area contributed by atoms with E-state index in [2.05, 4.69) is 9.88 Å². The van der Waals surface area contributed by atoms with Crippen molar-refractivity contribution in [2.45, 2.75) is 12.3 Å². The minimum atomic E-state index is -3.12. The largest absolute Gasteiger partial charge is 0.336 e. The minimum absolute atomic E-state index is 0.0380. The lowest BCUT2D eigenvalue weighted by atomic mass is 10.1. The molecule has 26 heavy (non-hydrogen) atoms. The van der Waals surface area contributed by atoms with Crippen LogP contribution in [0.4, 0.5) is 0 Å². The molecule has 7 heteroatoms. The van der Waals surface area contributed by atoms with Gasteiger partial charge in [-0.15, -0.1) is 0 Å².